The predicted octanol–water partition coefficient (Wildman–Crippen LogP) is 4.00. The Morgan fingerprint density at radius 3 is 2.88 bits per heavy atom. The van der Waals surface area contributed by atoms with Crippen LogP contribution in [-0.2, 0) is 12.8 Å². The van der Waals surface area contributed by atoms with E-state index in [2.05, 4.69) is 35.3 Å². The fraction of sp³-hybridized carbons (Fsp3) is 0.429. The largest absolute Gasteiger partial charge is 0.309 e. The number of fused-ring (bicyclic) bond motifs is 1. The summed E-state index contributed by atoms with van der Waals surface area (Å²) in [5.41, 5.74) is 3.00. The molecule has 1 atom stereocenters. The highest BCUT2D eigenvalue weighted by molar-refractivity contribution is 7.12. The second kappa shape index (κ2) is 4.92. The highest BCUT2D eigenvalue weighted by Gasteiger charge is 2.19. The minimum atomic E-state index is 0.386. The Kier molecular flexibility index (Phi) is 3.32. The van der Waals surface area contributed by atoms with Crippen LogP contribution in [0.5, 0.6) is 0 Å². The van der Waals surface area contributed by atoms with Gasteiger partial charge >= 0.3 is 0 Å². The number of hydrogen-bond acceptors (Lipinski definition) is 3. The van der Waals surface area contributed by atoms with Crippen LogP contribution >= 0.6 is 22.7 Å². The Morgan fingerprint density at radius 1 is 1.29 bits per heavy atom. The van der Waals surface area contributed by atoms with Gasteiger partial charge in [0.15, 0.2) is 0 Å². The van der Waals surface area contributed by atoms with E-state index in [1.54, 1.807) is 21.8 Å². The quantitative estimate of drug-likeness (QED) is 0.882. The van der Waals surface area contributed by atoms with Gasteiger partial charge in [0.25, 0.3) is 0 Å². The third-order valence-electron chi connectivity index (χ3n) is 3.47. The normalized spacial score (nSPS) is 16.8. The number of thiophene rings is 2. The van der Waals surface area contributed by atoms with Gasteiger partial charge in [-0.1, -0.05) is 0 Å². The van der Waals surface area contributed by atoms with Crippen LogP contribution in [0.3, 0.4) is 0 Å². The topological polar surface area (TPSA) is 12.0 Å². The van der Waals surface area contributed by atoms with Crippen LogP contribution in [0.4, 0.5) is 0 Å². The molecule has 1 unspecified atom stereocenters. The molecule has 3 heteroatoms. The van der Waals surface area contributed by atoms with Gasteiger partial charge in [-0.25, -0.2) is 0 Å². The first kappa shape index (κ1) is 11.5. The molecule has 1 N–H and O–H groups in total. The summed E-state index contributed by atoms with van der Waals surface area (Å²) in [5.74, 6) is 0. The lowest BCUT2D eigenvalue weighted by Gasteiger charge is -2.12. The van der Waals surface area contributed by atoms with Crippen molar-refractivity contribution < 1.29 is 0 Å². The summed E-state index contributed by atoms with van der Waals surface area (Å²) in [7, 11) is 2.06. The Balaban J connectivity index is 1.94. The third kappa shape index (κ3) is 2.19. The lowest BCUT2D eigenvalue weighted by atomic mass is 9.98. The lowest BCUT2D eigenvalue weighted by molar-refractivity contribution is 0.692. The van der Waals surface area contributed by atoms with E-state index < -0.39 is 0 Å². The van der Waals surface area contributed by atoms with E-state index in [9.17, 15) is 0 Å². The van der Waals surface area contributed by atoms with Crippen LogP contribution in [0.25, 0.3) is 0 Å². The number of rotatable bonds is 3. The Hall–Kier alpha value is -0.640. The summed E-state index contributed by atoms with van der Waals surface area (Å²) in [6, 6.07) is 5.04. The molecule has 2 aromatic heterocycles. The summed E-state index contributed by atoms with van der Waals surface area (Å²) < 4.78 is 0. The van der Waals surface area contributed by atoms with E-state index >= 15 is 0 Å². The van der Waals surface area contributed by atoms with Gasteiger partial charge in [-0.3, -0.25) is 0 Å². The van der Waals surface area contributed by atoms with Crippen molar-refractivity contribution in [2.45, 2.75) is 31.7 Å². The highest BCUT2D eigenvalue weighted by Crippen LogP contribution is 2.35. The molecule has 0 radical (unpaired) electrons. The molecular formula is C14H17NS2. The zero-order valence-corrected chi connectivity index (χ0v) is 11.7. The molecule has 0 aromatic carbocycles. The minimum absolute atomic E-state index is 0.386. The molecule has 0 amide bonds. The molecule has 0 bridgehead atoms. The second-order valence-corrected chi connectivity index (χ2v) is 6.53. The van der Waals surface area contributed by atoms with Crippen LogP contribution < -0.4 is 5.32 Å². The molecule has 0 aliphatic heterocycles. The van der Waals surface area contributed by atoms with Crippen molar-refractivity contribution >= 4 is 22.7 Å². The monoisotopic (exact) mass is 263 g/mol. The Morgan fingerprint density at radius 2 is 2.18 bits per heavy atom. The maximum atomic E-state index is 3.45. The smallest absolute Gasteiger partial charge is 0.0676 e. The first-order valence-corrected chi connectivity index (χ1v) is 7.95. The van der Waals surface area contributed by atoms with Crippen molar-refractivity contribution in [3.05, 3.63) is 43.8 Å². The van der Waals surface area contributed by atoms with Gasteiger partial charge in [-0.15, -0.1) is 11.3 Å². The van der Waals surface area contributed by atoms with Crippen molar-refractivity contribution in [1.29, 1.82) is 0 Å². The maximum absolute atomic E-state index is 3.45. The molecule has 1 aliphatic carbocycles. The van der Waals surface area contributed by atoms with Gasteiger partial charge in [0, 0.05) is 9.75 Å². The van der Waals surface area contributed by atoms with Crippen molar-refractivity contribution in [2.75, 3.05) is 7.05 Å². The molecule has 2 aromatic rings. The van der Waals surface area contributed by atoms with Gasteiger partial charge in [0.2, 0.25) is 0 Å². The average molecular weight is 263 g/mol. The number of aryl methyl sites for hydroxylation is 2. The summed E-state index contributed by atoms with van der Waals surface area (Å²) in [5, 5.41) is 7.86. The van der Waals surface area contributed by atoms with Gasteiger partial charge < -0.3 is 5.32 Å². The van der Waals surface area contributed by atoms with E-state index in [-0.39, 0.29) is 0 Å². The first-order valence-electron chi connectivity index (χ1n) is 6.19. The third-order valence-corrected chi connectivity index (χ3v) is 5.47. The Labute approximate surface area is 111 Å². The molecule has 0 saturated carbocycles. The number of hydrogen-bond donors (Lipinski definition) is 1. The van der Waals surface area contributed by atoms with Gasteiger partial charge in [-0.2, -0.15) is 11.3 Å². The molecule has 3 rings (SSSR count). The van der Waals surface area contributed by atoms with E-state index in [0.717, 1.165) is 0 Å². The predicted molar refractivity (Wildman–Crippen MR) is 76.2 cm³/mol. The van der Waals surface area contributed by atoms with Crippen LogP contribution in [0.1, 0.15) is 39.8 Å². The molecule has 1 aliphatic rings. The summed E-state index contributed by atoms with van der Waals surface area (Å²) in [6.45, 7) is 0. The SMILES string of the molecule is CNC(c1ccsc1)c1cc2c(s1)CCCC2. The molecular weight excluding hydrogens is 246 g/mol. The van der Waals surface area contributed by atoms with Crippen molar-refractivity contribution in [3.8, 4) is 0 Å². The highest BCUT2D eigenvalue weighted by atomic mass is 32.1. The zero-order valence-electron chi connectivity index (χ0n) is 10.0. The van der Waals surface area contributed by atoms with E-state index in [4.69, 9.17) is 0 Å². The average Bonchev–Trinajstić information content (AvgIpc) is 2.98. The standard InChI is InChI=1S/C14H17NS2/c1-15-14(11-6-7-16-9-11)13-8-10-4-2-3-5-12(10)17-13/h6-9,14-15H,2-5H2,1H3. The van der Waals surface area contributed by atoms with Crippen molar-refractivity contribution in [1.82, 2.24) is 5.32 Å². The summed E-state index contributed by atoms with van der Waals surface area (Å²) in [6.07, 6.45) is 5.31. The molecule has 0 spiro atoms. The van der Waals surface area contributed by atoms with Gasteiger partial charge in [0.1, 0.15) is 0 Å². The lowest BCUT2D eigenvalue weighted by Crippen LogP contribution is -2.15. The maximum Gasteiger partial charge on any atom is 0.0676 e. The first-order chi connectivity index (χ1) is 8.38. The van der Waals surface area contributed by atoms with Crippen LogP contribution in [0.2, 0.25) is 0 Å². The fourth-order valence-electron chi connectivity index (χ4n) is 2.57. The van der Waals surface area contributed by atoms with Gasteiger partial charge in [-0.05, 0) is 66.8 Å². The molecule has 0 saturated heterocycles. The molecule has 17 heavy (non-hydrogen) atoms. The molecule has 1 nitrogen and oxygen atoms in total. The number of nitrogens with one attached hydrogen (secondary N) is 1. The van der Waals surface area contributed by atoms with Crippen molar-refractivity contribution in [2.24, 2.45) is 0 Å². The van der Waals surface area contributed by atoms with E-state index in [1.807, 2.05) is 11.3 Å². The summed E-state index contributed by atoms with van der Waals surface area (Å²) >= 11 is 3.79. The Bertz CT molecular complexity index is 461. The van der Waals surface area contributed by atoms with Crippen molar-refractivity contribution in [3.63, 3.8) is 0 Å². The zero-order chi connectivity index (χ0) is 11.7. The van der Waals surface area contributed by atoms with Crippen LogP contribution in [0.15, 0.2) is 22.9 Å². The molecule has 2 heterocycles. The van der Waals surface area contributed by atoms with E-state index in [0.29, 0.717) is 6.04 Å². The van der Waals surface area contributed by atoms with E-state index in [1.165, 1.54) is 36.1 Å². The van der Waals surface area contributed by atoms with Crippen LogP contribution in [0, 0.1) is 0 Å². The summed E-state index contributed by atoms with van der Waals surface area (Å²) in [4.78, 5) is 3.11. The molecule has 90 valence electrons. The minimum Gasteiger partial charge on any atom is -0.309 e. The van der Waals surface area contributed by atoms with Crippen LogP contribution in [-0.4, -0.2) is 7.05 Å². The molecule has 0 fully saturated rings. The van der Waals surface area contributed by atoms with Gasteiger partial charge in [0.05, 0.1) is 6.04 Å². The second-order valence-electron chi connectivity index (χ2n) is 4.58. The fourth-order valence-corrected chi connectivity index (χ4v) is 4.65.